The Balaban J connectivity index is 1.44. The number of ketones is 1. The molecule has 0 spiro atoms. The Labute approximate surface area is 162 Å². The van der Waals surface area contributed by atoms with E-state index in [1.807, 2.05) is 46.7 Å². The Hall–Kier alpha value is -2.57. The van der Waals surface area contributed by atoms with E-state index in [0.717, 1.165) is 27.8 Å². The van der Waals surface area contributed by atoms with Crippen molar-refractivity contribution < 1.29 is 9.59 Å². The number of Topliss-reactive ketones (excluding diaryl/α,β-unsaturated/α-hetero) is 1. The third-order valence-corrected chi connectivity index (χ3v) is 5.94. The lowest BCUT2D eigenvalue weighted by molar-refractivity contribution is -0.134. The number of hydrogen-bond donors (Lipinski definition) is 1. The van der Waals surface area contributed by atoms with E-state index in [1.165, 1.54) is 0 Å². The first kappa shape index (κ1) is 17.8. The molecule has 138 valence electrons. The van der Waals surface area contributed by atoms with Gasteiger partial charge in [-0.05, 0) is 17.7 Å². The summed E-state index contributed by atoms with van der Waals surface area (Å²) in [7, 11) is 0. The molecule has 1 amide bonds. The molecule has 27 heavy (non-hydrogen) atoms. The van der Waals surface area contributed by atoms with Gasteiger partial charge in [0, 0.05) is 65.9 Å². The van der Waals surface area contributed by atoms with E-state index in [1.54, 1.807) is 23.7 Å². The van der Waals surface area contributed by atoms with E-state index < -0.39 is 0 Å². The van der Waals surface area contributed by atoms with Crippen LogP contribution in [-0.2, 0) is 4.79 Å². The maximum atomic E-state index is 12.8. The molecule has 5 nitrogen and oxygen atoms in total. The second-order valence-corrected chi connectivity index (χ2v) is 7.57. The van der Waals surface area contributed by atoms with Gasteiger partial charge in [-0.3, -0.25) is 14.6 Å². The van der Waals surface area contributed by atoms with Crippen molar-refractivity contribution in [3.05, 3.63) is 65.3 Å². The Bertz CT molecular complexity index is 954. The molecule has 2 aromatic heterocycles. The van der Waals surface area contributed by atoms with Gasteiger partial charge in [-0.15, -0.1) is 11.3 Å². The van der Waals surface area contributed by atoms with Crippen LogP contribution >= 0.6 is 11.3 Å². The second-order valence-electron chi connectivity index (χ2n) is 6.66. The quantitative estimate of drug-likeness (QED) is 0.690. The highest BCUT2D eigenvalue weighted by atomic mass is 32.1. The molecule has 1 aromatic carbocycles. The summed E-state index contributed by atoms with van der Waals surface area (Å²) in [5, 5.41) is 6.22. The Kier molecular flexibility index (Phi) is 5.27. The van der Waals surface area contributed by atoms with Crippen LogP contribution in [-0.4, -0.2) is 41.2 Å². The Morgan fingerprint density at radius 1 is 1.19 bits per heavy atom. The van der Waals surface area contributed by atoms with Crippen molar-refractivity contribution in [2.45, 2.75) is 18.9 Å². The molecule has 1 N–H and O–H groups in total. The summed E-state index contributed by atoms with van der Waals surface area (Å²) in [6, 6.07) is 11.7. The van der Waals surface area contributed by atoms with Gasteiger partial charge in [0.2, 0.25) is 5.91 Å². The van der Waals surface area contributed by atoms with Gasteiger partial charge in [-0.25, -0.2) is 0 Å². The van der Waals surface area contributed by atoms with Crippen LogP contribution in [0.1, 0.15) is 34.8 Å². The summed E-state index contributed by atoms with van der Waals surface area (Å²) >= 11 is 1.57. The zero-order valence-corrected chi connectivity index (χ0v) is 15.7. The molecule has 3 heterocycles. The zero-order chi connectivity index (χ0) is 18.6. The van der Waals surface area contributed by atoms with Gasteiger partial charge >= 0.3 is 0 Å². The highest BCUT2D eigenvalue weighted by Gasteiger charge is 2.28. The molecule has 0 radical (unpaired) electrons. The SMILES string of the molecule is O=C(CCC(=O)N1CCNCC1c1cccnc1)c1csc2ccccc12. The van der Waals surface area contributed by atoms with Gasteiger partial charge in [-0.2, -0.15) is 0 Å². The fourth-order valence-corrected chi connectivity index (χ4v) is 4.53. The predicted octanol–water partition coefficient (Wildman–Crippen LogP) is 3.43. The number of nitrogens with one attached hydrogen (secondary N) is 1. The average Bonchev–Trinajstić information content (AvgIpc) is 3.17. The lowest BCUT2D eigenvalue weighted by atomic mass is 10.0. The van der Waals surface area contributed by atoms with Crippen LogP contribution < -0.4 is 5.32 Å². The van der Waals surface area contributed by atoms with Gasteiger partial charge in [0.25, 0.3) is 0 Å². The summed E-state index contributed by atoms with van der Waals surface area (Å²) in [5.41, 5.74) is 1.75. The molecule has 1 atom stereocenters. The number of amides is 1. The third kappa shape index (κ3) is 3.77. The van der Waals surface area contributed by atoms with Crippen LogP contribution in [0.4, 0.5) is 0 Å². The lowest BCUT2D eigenvalue weighted by Crippen LogP contribution is -2.48. The molecule has 1 unspecified atom stereocenters. The van der Waals surface area contributed by atoms with Gasteiger partial charge < -0.3 is 10.2 Å². The number of pyridine rings is 1. The Morgan fingerprint density at radius 2 is 2.07 bits per heavy atom. The van der Waals surface area contributed by atoms with Gasteiger partial charge in [0.1, 0.15) is 0 Å². The van der Waals surface area contributed by atoms with E-state index in [4.69, 9.17) is 0 Å². The van der Waals surface area contributed by atoms with Crippen molar-refractivity contribution in [2.75, 3.05) is 19.6 Å². The molecule has 0 bridgehead atoms. The van der Waals surface area contributed by atoms with E-state index in [0.29, 0.717) is 13.1 Å². The van der Waals surface area contributed by atoms with Crippen LogP contribution in [0.5, 0.6) is 0 Å². The van der Waals surface area contributed by atoms with Crippen LogP contribution in [0.25, 0.3) is 10.1 Å². The summed E-state index contributed by atoms with van der Waals surface area (Å²) in [4.78, 5) is 31.6. The normalized spacial score (nSPS) is 17.2. The number of thiophene rings is 1. The summed E-state index contributed by atoms with van der Waals surface area (Å²) in [6.07, 6.45) is 4.01. The van der Waals surface area contributed by atoms with Crippen molar-refractivity contribution in [2.24, 2.45) is 0 Å². The molecule has 1 saturated heterocycles. The molecule has 1 fully saturated rings. The molecule has 3 aromatic rings. The first-order valence-corrected chi connectivity index (χ1v) is 10.0. The highest BCUT2D eigenvalue weighted by Crippen LogP contribution is 2.27. The molecule has 1 aliphatic rings. The minimum absolute atomic E-state index is 0.0261. The molecular formula is C21H21N3O2S. The number of hydrogen-bond acceptors (Lipinski definition) is 5. The third-order valence-electron chi connectivity index (χ3n) is 4.98. The van der Waals surface area contributed by atoms with Crippen molar-refractivity contribution in [1.29, 1.82) is 0 Å². The Morgan fingerprint density at radius 3 is 2.93 bits per heavy atom. The molecule has 4 rings (SSSR count). The van der Waals surface area contributed by atoms with Crippen molar-refractivity contribution in [3.63, 3.8) is 0 Å². The topological polar surface area (TPSA) is 62.3 Å². The standard InChI is InChI=1S/C21H21N3O2S/c25-19(17-14-27-20-6-2-1-5-16(17)20)7-8-21(26)24-11-10-23-13-18(24)15-4-3-9-22-12-15/h1-6,9,12,14,18,23H,7-8,10-11,13H2. The number of benzene rings is 1. The van der Waals surface area contributed by atoms with Gasteiger partial charge in [0.05, 0.1) is 6.04 Å². The molecular weight excluding hydrogens is 358 g/mol. The maximum absolute atomic E-state index is 12.8. The molecule has 0 saturated carbocycles. The van der Waals surface area contributed by atoms with Crippen LogP contribution in [0.15, 0.2) is 54.2 Å². The number of carbonyl (C=O) groups is 2. The van der Waals surface area contributed by atoms with Gasteiger partial charge in [0.15, 0.2) is 5.78 Å². The van der Waals surface area contributed by atoms with E-state index in [-0.39, 0.29) is 30.6 Å². The van der Waals surface area contributed by atoms with Crippen LogP contribution in [0.2, 0.25) is 0 Å². The number of piperazine rings is 1. The highest BCUT2D eigenvalue weighted by molar-refractivity contribution is 7.17. The molecule has 1 aliphatic heterocycles. The fourth-order valence-electron chi connectivity index (χ4n) is 3.57. The first-order chi connectivity index (χ1) is 13.2. The van der Waals surface area contributed by atoms with Crippen molar-refractivity contribution in [3.8, 4) is 0 Å². The first-order valence-electron chi connectivity index (χ1n) is 9.13. The average molecular weight is 379 g/mol. The number of fused-ring (bicyclic) bond motifs is 1. The van der Waals surface area contributed by atoms with E-state index in [2.05, 4.69) is 10.3 Å². The van der Waals surface area contributed by atoms with Crippen molar-refractivity contribution in [1.82, 2.24) is 15.2 Å². The predicted molar refractivity (Wildman–Crippen MR) is 107 cm³/mol. The number of rotatable bonds is 5. The van der Waals surface area contributed by atoms with Crippen LogP contribution in [0, 0.1) is 0 Å². The van der Waals surface area contributed by atoms with Crippen molar-refractivity contribution >= 4 is 33.1 Å². The molecule has 0 aliphatic carbocycles. The van der Waals surface area contributed by atoms with Gasteiger partial charge in [-0.1, -0.05) is 24.3 Å². The minimum Gasteiger partial charge on any atom is -0.333 e. The number of nitrogens with zero attached hydrogens (tertiary/aromatic N) is 2. The zero-order valence-electron chi connectivity index (χ0n) is 14.9. The smallest absolute Gasteiger partial charge is 0.223 e. The number of carbonyl (C=O) groups excluding carboxylic acids is 2. The second kappa shape index (κ2) is 7.98. The summed E-state index contributed by atoms with van der Waals surface area (Å²) in [5.74, 6) is 0.0621. The summed E-state index contributed by atoms with van der Waals surface area (Å²) in [6.45, 7) is 2.13. The maximum Gasteiger partial charge on any atom is 0.223 e. The molecule has 6 heteroatoms. The van der Waals surface area contributed by atoms with Crippen LogP contribution in [0.3, 0.4) is 0 Å². The largest absolute Gasteiger partial charge is 0.333 e. The van der Waals surface area contributed by atoms with E-state index in [9.17, 15) is 9.59 Å². The summed E-state index contributed by atoms with van der Waals surface area (Å²) < 4.78 is 1.10. The lowest BCUT2D eigenvalue weighted by Gasteiger charge is -2.36. The minimum atomic E-state index is -0.0305. The van der Waals surface area contributed by atoms with E-state index >= 15 is 0 Å². The monoisotopic (exact) mass is 379 g/mol. The fraction of sp³-hybridized carbons (Fsp3) is 0.286. The number of aromatic nitrogens is 1.